The Labute approximate surface area is 129 Å². The number of benzene rings is 1. The first-order valence-electron chi connectivity index (χ1n) is 7.32. The number of carbonyl (C=O) groups is 1. The molecule has 1 aromatic carbocycles. The minimum atomic E-state index is -0.819. The van der Waals surface area contributed by atoms with Gasteiger partial charge in [-0.2, -0.15) is 0 Å². The average Bonchev–Trinajstić information content (AvgIpc) is 2.78. The molecule has 116 valence electrons. The van der Waals surface area contributed by atoms with E-state index in [1.807, 2.05) is 11.8 Å². The summed E-state index contributed by atoms with van der Waals surface area (Å²) in [7, 11) is -0.819. The number of hydrogen-bond acceptors (Lipinski definition) is 3. The molecule has 2 rings (SSSR count). The molecule has 5 heteroatoms. The predicted molar refractivity (Wildman–Crippen MR) is 86.5 cm³/mol. The second kappa shape index (κ2) is 6.71. The summed E-state index contributed by atoms with van der Waals surface area (Å²) in [6, 6.07) is 6.40. The Bertz CT molecular complexity index is 559. The van der Waals surface area contributed by atoms with Gasteiger partial charge in [0.05, 0.1) is 6.54 Å². The van der Waals surface area contributed by atoms with Gasteiger partial charge in [0.2, 0.25) is 5.91 Å². The van der Waals surface area contributed by atoms with Crippen molar-refractivity contribution < 1.29 is 9.00 Å². The van der Waals surface area contributed by atoms with Crippen molar-refractivity contribution in [3.8, 4) is 0 Å². The number of hydrogen-bond donors (Lipinski definition) is 1. The number of aryl methyl sites for hydroxylation is 2. The lowest BCUT2D eigenvalue weighted by Crippen LogP contribution is -2.38. The molecular formula is C16H24N2O2S. The van der Waals surface area contributed by atoms with E-state index in [2.05, 4.69) is 37.4 Å². The molecule has 1 heterocycles. The van der Waals surface area contributed by atoms with Gasteiger partial charge >= 0.3 is 0 Å². The number of nitrogens with one attached hydrogen (secondary N) is 1. The molecule has 0 aromatic heterocycles. The van der Waals surface area contributed by atoms with Crippen LogP contribution in [0, 0.1) is 13.8 Å². The Morgan fingerprint density at radius 2 is 2.14 bits per heavy atom. The quantitative estimate of drug-likeness (QED) is 0.904. The van der Waals surface area contributed by atoms with Gasteiger partial charge in [0.1, 0.15) is 6.17 Å². The Morgan fingerprint density at radius 1 is 1.43 bits per heavy atom. The van der Waals surface area contributed by atoms with Crippen LogP contribution >= 0.6 is 0 Å². The zero-order valence-electron chi connectivity index (χ0n) is 13.2. The Kier molecular flexibility index (Phi) is 5.17. The van der Waals surface area contributed by atoms with Gasteiger partial charge < -0.3 is 4.90 Å². The lowest BCUT2D eigenvalue weighted by molar-refractivity contribution is -0.130. The lowest BCUT2D eigenvalue weighted by Gasteiger charge is -2.31. The van der Waals surface area contributed by atoms with Crippen LogP contribution in [0.5, 0.6) is 0 Å². The van der Waals surface area contributed by atoms with Crippen molar-refractivity contribution in [1.82, 2.24) is 10.2 Å². The van der Waals surface area contributed by atoms with E-state index >= 15 is 0 Å². The Hall–Kier alpha value is -1.20. The van der Waals surface area contributed by atoms with Crippen molar-refractivity contribution in [2.45, 2.75) is 39.4 Å². The van der Waals surface area contributed by atoms with Gasteiger partial charge in [-0.05, 0) is 38.3 Å². The van der Waals surface area contributed by atoms with Crippen molar-refractivity contribution >= 4 is 16.7 Å². The summed E-state index contributed by atoms with van der Waals surface area (Å²) in [5, 5.41) is 3.30. The van der Waals surface area contributed by atoms with E-state index in [0.717, 1.165) is 12.0 Å². The third-order valence-corrected chi connectivity index (χ3v) is 4.84. The molecule has 3 atom stereocenters. The molecular weight excluding hydrogens is 284 g/mol. The van der Waals surface area contributed by atoms with Gasteiger partial charge in [0.15, 0.2) is 0 Å². The third kappa shape index (κ3) is 3.71. The average molecular weight is 308 g/mol. The molecule has 1 aliphatic rings. The maximum atomic E-state index is 12.2. The minimum Gasteiger partial charge on any atom is -0.319 e. The van der Waals surface area contributed by atoms with Crippen LogP contribution in [0.2, 0.25) is 0 Å². The fourth-order valence-electron chi connectivity index (χ4n) is 2.89. The van der Waals surface area contributed by atoms with Gasteiger partial charge in [0.25, 0.3) is 0 Å². The normalized spacial score (nSPS) is 21.6. The summed E-state index contributed by atoms with van der Waals surface area (Å²) < 4.78 is 11.3. The topological polar surface area (TPSA) is 49.4 Å². The minimum absolute atomic E-state index is 0.0709. The standard InChI is InChI=1S/C16H24N2O2S/c1-11-5-6-14(12(2)9-11)16-17-10-15(19)18(16)13(3)7-8-21(4)20/h5-6,9,13,16-17H,7-8,10H2,1-4H3. The van der Waals surface area contributed by atoms with Crippen LogP contribution in [0.3, 0.4) is 0 Å². The molecule has 1 N–H and O–H groups in total. The second-order valence-corrected chi connectivity index (χ2v) is 7.41. The van der Waals surface area contributed by atoms with E-state index in [9.17, 15) is 9.00 Å². The first-order valence-corrected chi connectivity index (χ1v) is 9.04. The van der Waals surface area contributed by atoms with Gasteiger partial charge in [0, 0.05) is 28.9 Å². The van der Waals surface area contributed by atoms with Crippen LogP contribution in [-0.4, -0.2) is 39.6 Å². The van der Waals surface area contributed by atoms with Crippen molar-refractivity contribution in [1.29, 1.82) is 0 Å². The van der Waals surface area contributed by atoms with E-state index in [4.69, 9.17) is 0 Å². The molecule has 0 radical (unpaired) electrons. The number of rotatable bonds is 5. The van der Waals surface area contributed by atoms with Crippen LogP contribution in [0.25, 0.3) is 0 Å². The molecule has 3 unspecified atom stereocenters. The molecule has 1 amide bonds. The second-order valence-electron chi connectivity index (χ2n) is 5.86. The molecule has 1 saturated heterocycles. The highest BCUT2D eigenvalue weighted by Crippen LogP contribution is 2.28. The van der Waals surface area contributed by atoms with Crippen LogP contribution in [0.1, 0.15) is 36.2 Å². The van der Waals surface area contributed by atoms with E-state index in [1.54, 1.807) is 6.26 Å². The summed E-state index contributed by atoms with van der Waals surface area (Å²) in [5.41, 5.74) is 3.57. The first kappa shape index (κ1) is 16.2. The summed E-state index contributed by atoms with van der Waals surface area (Å²) in [4.78, 5) is 14.1. The van der Waals surface area contributed by atoms with Crippen LogP contribution < -0.4 is 5.32 Å². The number of nitrogens with zero attached hydrogens (tertiary/aromatic N) is 1. The van der Waals surface area contributed by atoms with Gasteiger partial charge in [-0.25, -0.2) is 0 Å². The van der Waals surface area contributed by atoms with Crippen molar-refractivity contribution in [3.63, 3.8) is 0 Å². The van der Waals surface area contributed by atoms with Gasteiger partial charge in [-0.3, -0.25) is 14.3 Å². The molecule has 1 fully saturated rings. The Balaban J connectivity index is 2.21. The number of carbonyl (C=O) groups excluding carboxylic acids is 1. The molecule has 1 aromatic rings. The number of amides is 1. The molecule has 0 spiro atoms. The summed E-state index contributed by atoms with van der Waals surface area (Å²) in [6.45, 7) is 6.56. The van der Waals surface area contributed by atoms with E-state index in [0.29, 0.717) is 12.3 Å². The van der Waals surface area contributed by atoms with Gasteiger partial charge in [-0.15, -0.1) is 0 Å². The fourth-order valence-corrected chi connectivity index (χ4v) is 3.56. The van der Waals surface area contributed by atoms with E-state index in [1.165, 1.54) is 11.1 Å². The largest absolute Gasteiger partial charge is 0.319 e. The Morgan fingerprint density at radius 3 is 2.76 bits per heavy atom. The SMILES string of the molecule is Cc1ccc(C2NCC(=O)N2C(C)CCS(C)=O)c(C)c1. The van der Waals surface area contributed by atoms with E-state index < -0.39 is 10.8 Å². The monoisotopic (exact) mass is 308 g/mol. The molecule has 0 aliphatic carbocycles. The highest BCUT2D eigenvalue weighted by atomic mass is 32.2. The predicted octanol–water partition coefficient (Wildman–Crippen LogP) is 1.89. The summed E-state index contributed by atoms with van der Waals surface area (Å²) >= 11 is 0. The van der Waals surface area contributed by atoms with E-state index in [-0.39, 0.29) is 18.1 Å². The maximum Gasteiger partial charge on any atom is 0.238 e. The molecule has 0 saturated carbocycles. The van der Waals surface area contributed by atoms with Crippen LogP contribution in [0.15, 0.2) is 18.2 Å². The summed E-state index contributed by atoms with van der Waals surface area (Å²) in [6.07, 6.45) is 2.40. The molecule has 21 heavy (non-hydrogen) atoms. The van der Waals surface area contributed by atoms with Crippen molar-refractivity contribution in [2.24, 2.45) is 0 Å². The molecule has 0 bridgehead atoms. The highest BCUT2D eigenvalue weighted by Gasteiger charge is 2.35. The maximum absolute atomic E-state index is 12.2. The smallest absolute Gasteiger partial charge is 0.238 e. The zero-order valence-corrected chi connectivity index (χ0v) is 14.0. The van der Waals surface area contributed by atoms with Crippen LogP contribution in [0.4, 0.5) is 0 Å². The van der Waals surface area contributed by atoms with Crippen molar-refractivity contribution in [3.05, 3.63) is 34.9 Å². The zero-order chi connectivity index (χ0) is 15.6. The van der Waals surface area contributed by atoms with Crippen molar-refractivity contribution in [2.75, 3.05) is 18.6 Å². The fraction of sp³-hybridized carbons (Fsp3) is 0.562. The first-order chi connectivity index (χ1) is 9.90. The molecule has 1 aliphatic heterocycles. The summed E-state index contributed by atoms with van der Waals surface area (Å²) in [5.74, 6) is 0.749. The molecule has 4 nitrogen and oxygen atoms in total. The lowest BCUT2D eigenvalue weighted by atomic mass is 10.0. The highest BCUT2D eigenvalue weighted by molar-refractivity contribution is 7.84. The van der Waals surface area contributed by atoms with Crippen LogP contribution in [-0.2, 0) is 15.6 Å². The van der Waals surface area contributed by atoms with Gasteiger partial charge in [-0.1, -0.05) is 23.8 Å². The third-order valence-electron chi connectivity index (χ3n) is 4.03.